The van der Waals surface area contributed by atoms with Crippen LogP contribution in [0.25, 0.3) is 11.0 Å². The lowest BCUT2D eigenvalue weighted by molar-refractivity contribution is -0.0430. The number of fused-ring (bicyclic) bond motifs is 1. The van der Waals surface area contributed by atoms with E-state index in [2.05, 4.69) is 9.97 Å². The maximum absolute atomic E-state index is 9.77. The number of nitrogens with two attached hydrogens (primary N) is 1. The zero-order valence-electron chi connectivity index (χ0n) is 9.98. The first kappa shape index (κ1) is 12.5. The minimum absolute atomic E-state index is 0.216. The van der Waals surface area contributed by atoms with Gasteiger partial charge in [-0.2, -0.15) is 4.98 Å². The Bertz CT molecular complexity index is 667. The van der Waals surface area contributed by atoms with E-state index in [4.69, 9.17) is 27.8 Å². The predicted octanol–water partition coefficient (Wildman–Crippen LogP) is 0.317. The molecule has 2 aromatic rings. The Labute approximate surface area is 113 Å². The second-order valence-corrected chi connectivity index (χ2v) is 4.93. The molecule has 0 saturated carbocycles. The van der Waals surface area contributed by atoms with Crippen LogP contribution in [0.2, 0.25) is 0 Å². The SMILES string of the molecule is Nc1nc2c(ccn2[C@H]2CC(O)[C@@H](CO)O2)c(=S)[nH]1. The van der Waals surface area contributed by atoms with Crippen LogP contribution >= 0.6 is 12.2 Å². The maximum atomic E-state index is 9.77. The first-order chi connectivity index (χ1) is 9.10. The highest BCUT2D eigenvalue weighted by molar-refractivity contribution is 7.71. The molecule has 0 amide bonds. The summed E-state index contributed by atoms with van der Waals surface area (Å²) in [6.45, 7) is -0.216. The fourth-order valence-corrected chi connectivity index (χ4v) is 2.61. The van der Waals surface area contributed by atoms with Crippen LogP contribution in [-0.4, -0.2) is 43.6 Å². The Kier molecular flexibility index (Phi) is 3.02. The third-order valence-electron chi connectivity index (χ3n) is 3.29. The van der Waals surface area contributed by atoms with Crippen molar-refractivity contribution in [2.24, 2.45) is 0 Å². The molecule has 8 heteroatoms. The monoisotopic (exact) mass is 282 g/mol. The average molecular weight is 282 g/mol. The van der Waals surface area contributed by atoms with Gasteiger partial charge < -0.3 is 30.2 Å². The van der Waals surface area contributed by atoms with Gasteiger partial charge in [0.15, 0.2) is 5.95 Å². The van der Waals surface area contributed by atoms with Gasteiger partial charge in [0.05, 0.1) is 18.1 Å². The molecule has 1 aliphatic rings. The van der Waals surface area contributed by atoms with Crippen molar-refractivity contribution in [1.29, 1.82) is 0 Å². The minimum atomic E-state index is -0.692. The number of aromatic amines is 1. The van der Waals surface area contributed by atoms with Gasteiger partial charge in [-0.15, -0.1) is 0 Å². The summed E-state index contributed by atoms with van der Waals surface area (Å²) in [5, 5.41) is 19.6. The van der Waals surface area contributed by atoms with Crippen molar-refractivity contribution >= 4 is 29.2 Å². The van der Waals surface area contributed by atoms with Gasteiger partial charge in [0.1, 0.15) is 22.6 Å². The molecule has 1 saturated heterocycles. The molecule has 0 aromatic carbocycles. The van der Waals surface area contributed by atoms with Crippen molar-refractivity contribution in [3.8, 4) is 0 Å². The number of rotatable bonds is 2. The second kappa shape index (κ2) is 4.57. The van der Waals surface area contributed by atoms with Crippen LogP contribution in [0.3, 0.4) is 0 Å². The summed E-state index contributed by atoms with van der Waals surface area (Å²) >= 11 is 5.18. The molecule has 0 spiro atoms. The molecule has 2 aromatic heterocycles. The van der Waals surface area contributed by atoms with Crippen molar-refractivity contribution in [3.05, 3.63) is 16.9 Å². The van der Waals surface area contributed by atoms with Crippen molar-refractivity contribution in [2.75, 3.05) is 12.3 Å². The van der Waals surface area contributed by atoms with E-state index in [0.29, 0.717) is 16.7 Å². The first-order valence-electron chi connectivity index (χ1n) is 5.91. The van der Waals surface area contributed by atoms with Crippen LogP contribution < -0.4 is 5.73 Å². The van der Waals surface area contributed by atoms with Crippen molar-refractivity contribution in [2.45, 2.75) is 24.9 Å². The molecule has 1 aliphatic heterocycles. The quantitative estimate of drug-likeness (QED) is 0.590. The van der Waals surface area contributed by atoms with E-state index in [0.717, 1.165) is 5.39 Å². The van der Waals surface area contributed by atoms with Gasteiger partial charge in [0.25, 0.3) is 0 Å². The number of nitrogens with one attached hydrogen (secondary N) is 1. The van der Waals surface area contributed by atoms with Gasteiger partial charge in [-0.3, -0.25) is 0 Å². The summed E-state index contributed by atoms with van der Waals surface area (Å²) in [7, 11) is 0. The van der Waals surface area contributed by atoms with E-state index in [1.807, 2.05) is 6.07 Å². The predicted molar refractivity (Wildman–Crippen MR) is 70.9 cm³/mol. The summed E-state index contributed by atoms with van der Waals surface area (Å²) in [5.41, 5.74) is 6.26. The molecule has 0 aliphatic carbocycles. The van der Waals surface area contributed by atoms with E-state index >= 15 is 0 Å². The third kappa shape index (κ3) is 2.02. The normalized spacial score (nSPS) is 27.2. The summed E-state index contributed by atoms with van der Waals surface area (Å²) in [4.78, 5) is 7.00. The Morgan fingerprint density at radius 1 is 1.63 bits per heavy atom. The zero-order chi connectivity index (χ0) is 13.6. The van der Waals surface area contributed by atoms with E-state index in [-0.39, 0.29) is 18.8 Å². The molecule has 0 radical (unpaired) electrons. The molecule has 3 rings (SSSR count). The standard InChI is InChI=1S/C11H14N4O3S/c12-11-13-9-5(10(19)14-11)1-2-15(9)8-3-6(17)7(4-16)18-8/h1-2,6-8,16-17H,3-4H2,(H3,12,13,14,19)/t6?,7-,8-/m1/s1. The molecule has 3 atom stereocenters. The van der Waals surface area contributed by atoms with E-state index in [9.17, 15) is 5.11 Å². The van der Waals surface area contributed by atoms with Gasteiger partial charge in [-0.05, 0) is 6.07 Å². The topological polar surface area (TPSA) is 109 Å². The molecular formula is C11H14N4O3S. The third-order valence-corrected chi connectivity index (χ3v) is 3.62. The molecule has 5 N–H and O–H groups in total. The number of aliphatic hydroxyl groups excluding tert-OH is 2. The maximum Gasteiger partial charge on any atom is 0.200 e. The van der Waals surface area contributed by atoms with Crippen LogP contribution in [0.1, 0.15) is 12.6 Å². The average Bonchev–Trinajstić information content (AvgIpc) is 2.92. The van der Waals surface area contributed by atoms with Crippen LogP contribution in [0.5, 0.6) is 0 Å². The molecule has 0 bridgehead atoms. The fraction of sp³-hybridized carbons (Fsp3) is 0.455. The Morgan fingerprint density at radius 3 is 3.11 bits per heavy atom. The van der Waals surface area contributed by atoms with Gasteiger partial charge >= 0.3 is 0 Å². The highest BCUT2D eigenvalue weighted by Gasteiger charge is 2.34. The summed E-state index contributed by atoms with van der Waals surface area (Å²) < 4.78 is 7.88. The summed E-state index contributed by atoms with van der Waals surface area (Å²) in [5.74, 6) is 0.231. The Hall–Kier alpha value is -1.48. The van der Waals surface area contributed by atoms with Crippen molar-refractivity contribution in [3.63, 3.8) is 0 Å². The Morgan fingerprint density at radius 2 is 2.42 bits per heavy atom. The van der Waals surface area contributed by atoms with Crippen LogP contribution in [0.4, 0.5) is 5.95 Å². The van der Waals surface area contributed by atoms with Gasteiger partial charge in [0, 0.05) is 12.6 Å². The van der Waals surface area contributed by atoms with Crippen molar-refractivity contribution in [1.82, 2.24) is 14.5 Å². The number of aromatic nitrogens is 3. The molecule has 1 unspecified atom stereocenters. The summed E-state index contributed by atoms with van der Waals surface area (Å²) in [6.07, 6.45) is 0.536. The largest absolute Gasteiger partial charge is 0.394 e. The lowest BCUT2D eigenvalue weighted by Gasteiger charge is -2.14. The number of H-pyrrole nitrogens is 1. The highest BCUT2D eigenvalue weighted by Crippen LogP contribution is 2.31. The van der Waals surface area contributed by atoms with Crippen LogP contribution in [0, 0.1) is 4.64 Å². The lowest BCUT2D eigenvalue weighted by atomic mass is 10.2. The Balaban J connectivity index is 2.05. The number of ether oxygens (including phenoxy) is 1. The van der Waals surface area contributed by atoms with Crippen molar-refractivity contribution < 1.29 is 14.9 Å². The van der Waals surface area contributed by atoms with Crippen LogP contribution in [0.15, 0.2) is 12.3 Å². The lowest BCUT2D eigenvalue weighted by Crippen LogP contribution is -2.24. The van der Waals surface area contributed by atoms with Gasteiger partial charge in [-0.25, -0.2) is 0 Å². The van der Waals surface area contributed by atoms with E-state index < -0.39 is 12.2 Å². The number of nitrogen functional groups attached to an aromatic ring is 1. The van der Waals surface area contributed by atoms with Gasteiger partial charge in [-0.1, -0.05) is 12.2 Å². The number of anilines is 1. The zero-order valence-corrected chi connectivity index (χ0v) is 10.8. The highest BCUT2D eigenvalue weighted by atomic mass is 32.1. The number of aliphatic hydroxyl groups is 2. The molecular weight excluding hydrogens is 268 g/mol. The van der Waals surface area contributed by atoms with Crippen LogP contribution in [-0.2, 0) is 4.74 Å². The smallest absolute Gasteiger partial charge is 0.200 e. The van der Waals surface area contributed by atoms with E-state index in [1.165, 1.54) is 0 Å². The molecule has 7 nitrogen and oxygen atoms in total. The number of hydrogen-bond donors (Lipinski definition) is 4. The molecule has 102 valence electrons. The fourth-order valence-electron chi connectivity index (χ4n) is 2.34. The number of nitrogens with zero attached hydrogens (tertiary/aromatic N) is 2. The second-order valence-electron chi connectivity index (χ2n) is 4.53. The first-order valence-corrected chi connectivity index (χ1v) is 6.31. The number of hydrogen-bond acceptors (Lipinski definition) is 6. The van der Waals surface area contributed by atoms with E-state index in [1.54, 1.807) is 10.8 Å². The summed E-state index contributed by atoms with van der Waals surface area (Å²) in [6, 6.07) is 1.82. The molecule has 19 heavy (non-hydrogen) atoms. The molecule has 1 fully saturated rings. The molecule has 3 heterocycles. The van der Waals surface area contributed by atoms with Gasteiger partial charge in [0.2, 0.25) is 0 Å². The minimum Gasteiger partial charge on any atom is -0.394 e.